The zero-order chi connectivity index (χ0) is 25.8. The smallest absolute Gasteiger partial charge is 0.170 e. The molecule has 1 aliphatic carbocycles. The van der Waals surface area contributed by atoms with Gasteiger partial charge in [-0.25, -0.2) is 0 Å². The SMILES string of the molecule is Cc1ccc(C2c3c(C)c4ccccc4n3C3(c4[nH]c5ccccc5c4C)c4ccccc4C(=O)C23)cc1. The molecular weight excluding hydrogens is 464 g/mol. The van der Waals surface area contributed by atoms with Crippen LogP contribution in [0.3, 0.4) is 0 Å². The number of aromatic nitrogens is 2. The second-order valence-electron chi connectivity index (χ2n) is 11.1. The molecule has 3 unspecified atom stereocenters. The molecule has 1 aliphatic heterocycles. The number of para-hydroxylation sites is 2. The number of hydrogen-bond donors (Lipinski definition) is 1. The van der Waals surface area contributed by atoms with E-state index >= 15 is 0 Å². The summed E-state index contributed by atoms with van der Waals surface area (Å²) in [6, 6.07) is 34.3. The number of benzene rings is 4. The molecule has 3 heterocycles. The molecule has 0 saturated carbocycles. The van der Waals surface area contributed by atoms with Crippen LogP contribution in [0.2, 0.25) is 0 Å². The van der Waals surface area contributed by atoms with Crippen molar-refractivity contribution < 1.29 is 4.79 Å². The van der Waals surface area contributed by atoms with E-state index in [9.17, 15) is 4.79 Å². The van der Waals surface area contributed by atoms with Crippen molar-refractivity contribution in [2.75, 3.05) is 0 Å². The van der Waals surface area contributed by atoms with Gasteiger partial charge < -0.3 is 9.55 Å². The van der Waals surface area contributed by atoms with Crippen LogP contribution in [-0.4, -0.2) is 15.3 Å². The van der Waals surface area contributed by atoms with E-state index in [1.807, 2.05) is 12.1 Å². The number of ketones is 1. The van der Waals surface area contributed by atoms with Crippen LogP contribution in [0.15, 0.2) is 97.1 Å². The van der Waals surface area contributed by atoms with E-state index in [-0.39, 0.29) is 17.6 Å². The van der Waals surface area contributed by atoms with Gasteiger partial charge in [-0.1, -0.05) is 90.5 Å². The lowest BCUT2D eigenvalue weighted by atomic mass is 9.72. The van der Waals surface area contributed by atoms with Crippen molar-refractivity contribution in [1.29, 1.82) is 0 Å². The Balaban J connectivity index is 1.60. The minimum atomic E-state index is -0.671. The van der Waals surface area contributed by atoms with E-state index in [0.29, 0.717) is 0 Å². The Labute approximate surface area is 221 Å². The number of carbonyl (C=O) groups is 1. The molecule has 1 N–H and O–H groups in total. The van der Waals surface area contributed by atoms with Crippen LogP contribution in [0.1, 0.15) is 55.5 Å². The zero-order valence-corrected chi connectivity index (χ0v) is 21.7. The number of aromatic amines is 1. The first-order chi connectivity index (χ1) is 18.5. The van der Waals surface area contributed by atoms with Gasteiger partial charge in [0.2, 0.25) is 0 Å². The number of nitrogens with one attached hydrogen (secondary N) is 1. The van der Waals surface area contributed by atoms with Gasteiger partial charge in [0.05, 0.1) is 11.6 Å². The summed E-state index contributed by atoms with van der Waals surface area (Å²) in [5, 5.41) is 2.46. The molecule has 4 aromatic carbocycles. The molecule has 0 radical (unpaired) electrons. The van der Waals surface area contributed by atoms with Gasteiger partial charge in [0, 0.05) is 39.0 Å². The number of aryl methyl sites for hydroxylation is 3. The van der Waals surface area contributed by atoms with Crippen LogP contribution in [0.25, 0.3) is 21.8 Å². The molecule has 6 aromatic rings. The minimum absolute atomic E-state index is 0.0614. The summed E-state index contributed by atoms with van der Waals surface area (Å²) in [6.45, 7) is 6.57. The number of carbonyl (C=O) groups excluding carboxylic acids is 1. The fourth-order valence-corrected chi connectivity index (χ4v) is 7.73. The molecule has 3 atom stereocenters. The normalized spacial score (nSPS) is 21.7. The van der Waals surface area contributed by atoms with Crippen molar-refractivity contribution in [3.05, 3.63) is 142 Å². The number of hydrogen-bond acceptors (Lipinski definition) is 1. The molecule has 2 aromatic heterocycles. The number of fused-ring (bicyclic) bond motifs is 8. The third-order valence-electron chi connectivity index (χ3n) is 9.27. The van der Waals surface area contributed by atoms with E-state index in [4.69, 9.17) is 0 Å². The predicted molar refractivity (Wildman–Crippen MR) is 153 cm³/mol. The largest absolute Gasteiger partial charge is 0.356 e. The van der Waals surface area contributed by atoms with Gasteiger partial charge >= 0.3 is 0 Å². The monoisotopic (exact) mass is 492 g/mol. The van der Waals surface area contributed by atoms with Gasteiger partial charge in [0.25, 0.3) is 0 Å². The van der Waals surface area contributed by atoms with Crippen LogP contribution >= 0.6 is 0 Å². The lowest BCUT2D eigenvalue weighted by molar-refractivity contribution is 0.0895. The van der Waals surface area contributed by atoms with E-state index in [2.05, 4.69) is 115 Å². The molecule has 0 saturated heterocycles. The first kappa shape index (κ1) is 21.7. The Morgan fingerprint density at radius 1 is 0.737 bits per heavy atom. The fourth-order valence-electron chi connectivity index (χ4n) is 7.73. The highest BCUT2D eigenvalue weighted by molar-refractivity contribution is 6.08. The lowest BCUT2D eigenvalue weighted by Crippen LogP contribution is -2.39. The van der Waals surface area contributed by atoms with Crippen LogP contribution in [0, 0.1) is 26.7 Å². The van der Waals surface area contributed by atoms with Gasteiger partial charge in [0.15, 0.2) is 5.78 Å². The van der Waals surface area contributed by atoms with E-state index < -0.39 is 5.54 Å². The Morgan fingerprint density at radius 3 is 2.21 bits per heavy atom. The summed E-state index contributed by atoms with van der Waals surface area (Å²) in [5.74, 6) is -0.113. The van der Waals surface area contributed by atoms with Crippen molar-refractivity contribution >= 4 is 27.6 Å². The zero-order valence-electron chi connectivity index (χ0n) is 21.7. The number of H-pyrrole nitrogens is 1. The summed E-state index contributed by atoms with van der Waals surface area (Å²) in [7, 11) is 0. The number of rotatable bonds is 2. The van der Waals surface area contributed by atoms with Crippen molar-refractivity contribution in [2.45, 2.75) is 32.2 Å². The molecule has 3 nitrogen and oxygen atoms in total. The maximum Gasteiger partial charge on any atom is 0.170 e. The highest BCUT2D eigenvalue weighted by Gasteiger charge is 2.64. The lowest BCUT2D eigenvalue weighted by Gasteiger charge is -2.34. The van der Waals surface area contributed by atoms with Gasteiger partial charge in [-0.3, -0.25) is 4.79 Å². The van der Waals surface area contributed by atoms with Crippen LogP contribution in [0.5, 0.6) is 0 Å². The predicted octanol–water partition coefficient (Wildman–Crippen LogP) is 7.80. The number of Topliss-reactive ketones (excluding diaryl/α,β-unsaturated/α-hetero) is 1. The van der Waals surface area contributed by atoms with E-state index in [0.717, 1.165) is 22.3 Å². The van der Waals surface area contributed by atoms with Crippen molar-refractivity contribution in [3.8, 4) is 0 Å². The first-order valence-electron chi connectivity index (χ1n) is 13.4. The van der Waals surface area contributed by atoms with Crippen molar-refractivity contribution in [2.24, 2.45) is 5.92 Å². The van der Waals surface area contributed by atoms with Gasteiger partial charge in [0.1, 0.15) is 5.54 Å². The maximum absolute atomic E-state index is 14.6. The standard InChI is InChI=1S/C35H28N2O/c1-20-16-18-23(19-17-20)30-31-33(38)26-12-4-7-13-27(26)35(31,34-22(3)24-10-5-8-14-28(24)36-34)37-29-15-9-6-11-25(29)21(2)32(30)37/h4-19,30-31,36H,1-3H3. The summed E-state index contributed by atoms with van der Waals surface area (Å²) in [4.78, 5) is 18.5. The fraction of sp³-hybridized carbons (Fsp3) is 0.171. The average Bonchev–Trinajstić information content (AvgIpc) is 3.62. The van der Waals surface area contributed by atoms with Crippen molar-refractivity contribution in [1.82, 2.24) is 9.55 Å². The van der Waals surface area contributed by atoms with Crippen molar-refractivity contribution in [3.63, 3.8) is 0 Å². The van der Waals surface area contributed by atoms with Gasteiger partial charge in [-0.05, 0) is 55.2 Å². The van der Waals surface area contributed by atoms with Gasteiger partial charge in [-0.2, -0.15) is 0 Å². The first-order valence-corrected chi connectivity index (χ1v) is 13.4. The maximum atomic E-state index is 14.6. The van der Waals surface area contributed by atoms with Crippen LogP contribution < -0.4 is 0 Å². The number of nitrogens with zero attached hydrogens (tertiary/aromatic N) is 1. The molecule has 2 aliphatic rings. The topological polar surface area (TPSA) is 37.8 Å². The molecule has 0 bridgehead atoms. The minimum Gasteiger partial charge on any atom is -0.356 e. The molecule has 8 rings (SSSR count). The third kappa shape index (κ3) is 2.42. The second kappa shape index (κ2) is 7.35. The molecule has 38 heavy (non-hydrogen) atoms. The summed E-state index contributed by atoms with van der Waals surface area (Å²) in [6.07, 6.45) is 0. The van der Waals surface area contributed by atoms with E-state index in [1.165, 1.54) is 44.2 Å². The third-order valence-corrected chi connectivity index (χ3v) is 9.27. The molecule has 0 fully saturated rings. The summed E-state index contributed by atoms with van der Waals surface area (Å²) >= 11 is 0. The molecule has 184 valence electrons. The summed E-state index contributed by atoms with van der Waals surface area (Å²) in [5.41, 5.74) is 10.8. The Morgan fingerprint density at radius 2 is 1.42 bits per heavy atom. The Hall–Kier alpha value is -4.37. The molecule has 0 amide bonds. The highest BCUT2D eigenvalue weighted by atomic mass is 16.1. The average molecular weight is 493 g/mol. The highest BCUT2D eigenvalue weighted by Crippen LogP contribution is 2.63. The molecule has 0 spiro atoms. The summed E-state index contributed by atoms with van der Waals surface area (Å²) < 4.78 is 2.54. The van der Waals surface area contributed by atoms with Crippen LogP contribution in [-0.2, 0) is 5.54 Å². The second-order valence-corrected chi connectivity index (χ2v) is 11.1. The van der Waals surface area contributed by atoms with E-state index in [1.54, 1.807) is 0 Å². The molecule has 3 heteroatoms. The molecular formula is C35H28N2O. The van der Waals surface area contributed by atoms with Gasteiger partial charge in [-0.15, -0.1) is 0 Å². The quantitative estimate of drug-likeness (QED) is 0.263. The Bertz CT molecular complexity index is 1940. The Kier molecular flexibility index (Phi) is 4.20. The van der Waals surface area contributed by atoms with Crippen LogP contribution in [0.4, 0.5) is 0 Å².